The van der Waals surface area contributed by atoms with E-state index in [2.05, 4.69) is 9.69 Å². The number of primary amides is 1. The lowest BCUT2D eigenvalue weighted by Crippen LogP contribution is -2.54. The summed E-state index contributed by atoms with van der Waals surface area (Å²) in [7, 11) is 0. The quantitative estimate of drug-likeness (QED) is 0.528. The molecular weight excluding hydrogens is 426 g/mol. The fourth-order valence-corrected chi connectivity index (χ4v) is 4.04. The summed E-state index contributed by atoms with van der Waals surface area (Å²) >= 11 is 0.811. The standard InChI is InChI=1S/C23H33N5O3S/c1-6-8-9-16(21(30)26-23(3,4)5)28(15-12-10-14(7-2)11-13-15)22(31)19-17(24)18(20(25)29)27-32-19/h10-13,16H,6-9,24H2,1-5H3,(H2,25,29)(H,26,30). The molecule has 1 aromatic heterocycles. The van der Waals surface area contributed by atoms with Crippen LogP contribution in [0.1, 0.15) is 79.6 Å². The molecule has 2 rings (SSSR count). The third-order valence-corrected chi connectivity index (χ3v) is 5.79. The molecule has 0 aliphatic rings. The Morgan fingerprint density at radius 3 is 2.25 bits per heavy atom. The number of nitrogen functional groups attached to an aromatic ring is 1. The molecule has 174 valence electrons. The molecule has 0 spiro atoms. The zero-order valence-corrected chi connectivity index (χ0v) is 20.2. The average molecular weight is 460 g/mol. The molecule has 3 amide bonds. The van der Waals surface area contributed by atoms with Crippen molar-refractivity contribution < 1.29 is 14.4 Å². The maximum atomic E-state index is 13.7. The van der Waals surface area contributed by atoms with E-state index in [1.807, 2.05) is 58.9 Å². The summed E-state index contributed by atoms with van der Waals surface area (Å²) < 4.78 is 3.96. The second-order valence-corrected chi connectivity index (χ2v) is 9.50. The first-order chi connectivity index (χ1) is 15.0. The number of nitrogens with one attached hydrogen (secondary N) is 1. The summed E-state index contributed by atoms with van der Waals surface area (Å²) in [5.41, 5.74) is 12.4. The van der Waals surface area contributed by atoms with E-state index in [1.165, 1.54) is 4.90 Å². The van der Waals surface area contributed by atoms with Crippen LogP contribution in [0.4, 0.5) is 11.4 Å². The van der Waals surface area contributed by atoms with Gasteiger partial charge in [-0.25, -0.2) is 0 Å². The van der Waals surface area contributed by atoms with Crippen LogP contribution in [0, 0.1) is 0 Å². The molecule has 9 heteroatoms. The third-order valence-electron chi connectivity index (χ3n) is 4.94. The van der Waals surface area contributed by atoms with Gasteiger partial charge in [0.15, 0.2) is 5.69 Å². The van der Waals surface area contributed by atoms with Crippen LogP contribution in [0.2, 0.25) is 0 Å². The number of rotatable bonds is 9. The Bertz CT molecular complexity index is 963. The normalized spacial score (nSPS) is 12.3. The van der Waals surface area contributed by atoms with Crippen molar-refractivity contribution in [3.05, 3.63) is 40.4 Å². The molecule has 32 heavy (non-hydrogen) atoms. The summed E-state index contributed by atoms with van der Waals surface area (Å²) in [5.74, 6) is -1.54. The van der Waals surface area contributed by atoms with Crippen molar-refractivity contribution >= 4 is 40.6 Å². The molecule has 5 N–H and O–H groups in total. The summed E-state index contributed by atoms with van der Waals surface area (Å²) in [6, 6.07) is 6.75. The highest BCUT2D eigenvalue weighted by atomic mass is 32.1. The van der Waals surface area contributed by atoms with Crippen LogP contribution in [0.5, 0.6) is 0 Å². The van der Waals surface area contributed by atoms with Crippen molar-refractivity contribution in [1.82, 2.24) is 9.69 Å². The maximum Gasteiger partial charge on any atom is 0.272 e. The van der Waals surface area contributed by atoms with Gasteiger partial charge in [0.25, 0.3) is 11.8 Å². The number of anilines is 2. The predicted octanol–water partition coefficient (Wildman–Crippen LogP) is 3.51. The number of aromatic nitrogens is 1. The van der Waals surface area contributed by atoms with Gasteiger partial charge in [0.2, 0.25) is 5.91 Å². The van der Waals surface area contributed by atoms with Crippen LogP contribution in [0.25, 0.3) is 0 Å². The lowest BCUT2D eigenvalue weighted by Gasteiger charge is -2.33. The first-order valence-corrected chi connectivity index (χ1v) is 11.6. The largest absolute Gasteiger partial charge is 0.395 e. The molecule has 0 aliphatic heterocycles. The number of carbonyl (C=O) groups excluding carboxylic acids is 3. The Balaban J connectivity index is 2.60. The summed E-state index contributed by atoms with van der Waals surface area (Å²) in [6.07, 6.45) is 2.94. The van der Waals surface area contributed by atoms with Crippen molar-refractivity contribution in [2.24, 2.45) is 5.73 Å². The first kappa shape index (κ1) is 25.3. The van der Waals surface area contributed by atoms with Gasteiger partial charge in [0.05, 0.1) is 5.69 Å². The molecule has 0 aliphatic carbocycles. The highest BCUT2D eigenvalue weighted by Gasteiger charge is 2.35. The van der Waals surface area contributed by atoms with E-state index in [0.29, 0.717) is 12.1 Å². The van der Waals surface area contributed by atoms with Crippen LogP contribution >= 0.6 is 11.5 Å². The van der Waals surface area contributed by atoms with Gasteiger partial charge in [0, 0.05) is 11.2 Å². The van der Waals surface area contributed by atoms with Gasteiger partial charge in [0.1, 0.15) is 10.9 Å². The first-order valence-electron chi connectivity index (χ1n) is 10.8. The molecule has 1 atom stereocenters. The van der Waals surface area contributed by atoms with Gasteiger partial charge in [-0.2, -0.15) is 4.37 Å². The van der Waals surface area contributed by atoms with Gasteiger partial charge in [-0.1, -0.05) is 38.8 Å². The van der Waals surface area contributed by atoms with Crippen LogP contribution in [0.3, 0.4) is 0 Å². The minimum absolute atomic E-state index is 0.0619. The van der Waals surface area contributed by atoms with Crippen molar-refractivity contribution in [2.75, 3.05) is 10.6 Å². The van der Waals surface area contributed by atoms with E-state index in [0.717, 1.165) is 36.4 Å². The molecule has 1 aromatic carbocycles. The number of benzene rings is 1. The summed E-state index contributed by atoms with van der Waals surface area (Å²) in [5, 5.41) is 2.99. The minimum Gasteiger partial charge on any atom is -0.395 e. The Morgan fingerprint density at radius 2 is 1.78 bits per heavy atom. The van der Waals surface area contributed by atoms with Gasteiger partial charge < -0.3 is 16.8 Å². The second kappa shape index (κ2) is 10.6. The predicted molar refractivity (Wildman–Crippen MR) is 129 cm³/mol. The van der Waals surface area contributed by atoms with E-state index in [1.54, 1.807) is 0 Å². The van der Waals surface area contributed by atoms with Crippen molar-refractivity contribution in [3.63, 3.8) is 0 Å². The highest BCUT2D eigenvalue weighted by Crippen LogP contribution is 2.29. The zero-order valence-electron chi connectivity index (χ0n) is 19.4. The molecule has 0 saturated heterocycles. The Morgan fingerprint density at radius 1 is 1.16 bits per heavy atom. The summed E-state index contributed by atoms with van der Waals surface area (Å²) in [6.45, 7) is 9.75. The molecule has 1 unspecified atom stereocenters. The van der Waals surface area contributed by atoms with Crippen molar-refractivity contribution in [2.45, 2.75) is 71.9 Å². The Labute approximate surface area is 193 Å². The number of nitrogens with zero attached hydrogens (tertiary/aromatic N) is 2. The Kier molecular flexibility index (Phi) is 8.38. The monoisotopic (exact) mass is 459 g/mol. The smallest absolute Gasteiger partial charge is 0.272 e. The molecule has 8 nitrogen and oxygen atoms in total. The molecular formula is C23H33N5O3S. The van der Waals surface area contributed by atoms with Gasteiger partial charge in [-0.3, -0.25) is 19.3 Å². The van der Waals surface area contributed by atoms with Crippen LogP contribution in [-0.2, 0) is 11.2 Å². The summed E-state index contributed by atoms with van der Waals surface area (Å²) in [4.78, 5) is 40.2. The fourth-order valence-electron chi connectivity index (χ4n) is 3.30. The van der Waals surface area contributed by atoms with E-state index >= 15 is 0 Å². The minimum atomic E-state index is -0.801. The lowest BCUT2D eigenvalue weighted by molar-refractivity contribution is -0.123. The highest BCUT2D eigenvalue weighted by molar-refractivity contribution is 7.09. The number of amides is 3. The zero-order chi connectivity index (χ0) is 24.1. The second-order valence-electron chi connectivity index (χ2n) is 8.73. The number of nitrogens with two attached hydrogens (primary N) is 2. The molecule has 0 saturated carbocycles. The molecule has 0 fully saturated rings. The van der Waals surface area contributed by atoms with Crippen molar-refractivity contribution in [1.29, 1.82) is 0 Å². The molecule has 0 radical (unpaired) electrons. The van der Waals surface area contributed by atoms with Crippen molar-refractivity contribution in [3.8, 4) is 0 Å². The SMILES string of the molecule is CCCCC(C(=O)NC(C)(C)C)N(C(=O)c1snc(C(N)=O)c1N)c1ccc(CC)cc1. The van der Waals surface area contributed by atoms with E-state index in [9.17, 15) is 14.4 Å². The van der Waals surface area contributed by atoms with E-state index in [-0.39, 0.29) is 22.2 Å². The van der Waals surface area contributed by atoms with Crippen LogP contribution < -0.4 is 21.7 Å². The number of unbranched alkanes of at least 4 members (excludes halogenated alkanes) is 1. The lowest BCUT2D eigenvalue weighted by atomic mass is 10.0. The molecule has 2 aromatic rings. The average Bonchev–Trinajstić information content (AvgIpc) is 3.11. The molecule has 1 heterocycles. The van der Waals surface area contributed by atoms with Crippen LogP contribution in [-0.4, -0.2) is 33.7 Å². The van der Waals surface area contributed by atoms with E-state index in [4.69, 9.17) is 11.5 Å². The maximum absolute atomic E-state index is 13.7. The van der Waals surface area contributed by atoms with E-state index < -0.39 is 23.4 Å². The van der Waals surface area contributed by atoms with Gasteiger partial charge in [-0.05, 0) is 62.8 Å². The molecule has 0 bridgehead atoms. The van der Waals surface area contributed by atoms with Gasteiger partial charge in [-0.15, -0.1) is 0 Å². The number of hydrogen-bond donors (Lipinski definition) is 3. The number of carbonyl (C=O) groups is 3. The van der Waals surface area contributed by atoms with Gasteiger partial charge >= 0.3 is 0 Å². The number of hydrogen-bond acceptors (Lipinski definition) is 6. The van der Waals surface area contributed by atoms with Crippen LogP contribution in [0.15, 0.2) is 24.3 Å². The Hall–Kier alpha value is -2.94. The third kappa shape index (κ3) is 6.06. The topological polar surface area (TPSA) is 131 Å². The number of aryl methyl sites for hydroxylation is 1. The fraction of sp³-hybridized carbons (Fsp3) is 0.478.